The van der Waals surface area contributed by atoms with Crippen molar-refractivity contribution in [3.8, 4) is 0 Å². The molecule has 7 heteroatoms. The Kier molecular flexibility index (Phi) is 4.01. The average Bonchev–Trinajstić information content (AvgIpc) is 2.72. The number of nitrogens with zero attached hydrogens (tertiary/aromatic N) is 3. The minimum Gasteiger partial charge on any atom is -0.480 e. The number of nitrogens with two attached hydrogens (primary N) is 1. The topological polar surface area (TPSA) is 94.0 Å². The molecular formula is C10H16N4O2S. The van der Waals surface area contributed by atoms with E-state index in [2.05, 4.69) is 14.8 Å². The number of thioether (sulfide) groups is 1. The number of carboxylic acids is 1. The molecule has 1 aromatic rings. The Morgan fingerprint density at radius 1 is 1.53 bits per heavy atom. The molecule has 0 bridgehead atoms. The summed E-state index contributed by atoms with van der Waals surface area (Å²) in [5, 5.41) is 16.9. The third-order valence-corrected chi connectivity index (χ3v) is 3.84. The van der Waals surface area contributed by atoms with Crippen molar-refractivity contribution in [2.24, 2.45) is 5.73 Å². The van der Waals surface area contributed by atoms with Crippen LogP contribution < -0.4 is 5.73 Å². The van der Waals surface area contributed by atoms with E-state index in [1.54, 1.807) is 0 Å². The molecule has 0 unspecified atom stereocenters. The van der Waals surface area contributed by atoms with E-state index in [0.29, 0.717) is 11.5 Å². The van der Waals surface area contributed by atoms with Gasteiger partial charge in [0, 0.05) is 18.7 Å². The molecule has 0 spiro atoms. The molecule has 94 valence electrons. The summed E-state index contributed by atoms with van der Waals surface area (Å²) < 4.78 is 2.14. The molecule has 6 nitrogen and oxygen atoms in total. The van der Waals surface area contributed by atoms with Gasteiger partial charge in [0.05, 0.1) is 5.75 Å². The van der Waals surface area contributed by atoms with Crippen molar-refractivity contribution >= 4 is 17.7 Å². The van der Waals surface area contributed by atoms with Crippen LogP contribution in [-0.2, 0) is 23.5 Å². The first kappa shape index (κ1) is 12.4. The fourth-order valence-electron chi connectivity index (χ4n) is 1.82. The van der Waals surface area contributed by atoms with Gasteiger partial charge in [-0.3, -0.25) is 4.79 Å². The molecule has 2 heterocycles. The summed E-state index contributed by atoms with van der Waals surface area (Å²) in [6.45, 7) is 0.975. The van der Waals surface area contributed by atoms with E-state index in [-0.39, 0.29) is 0 Å². The molecule has 0 fully saturated rings. The summed E-state index contributed by atoms with van der Waals surface area (Å²) in [6.07, 6.45) is 3.33. The lowest BCUT2D eigenvalue weighted by molar-refractivity contribution is -0.137. The molecule has 1 aromatic heterocycles. The Morgan fingerprint density at radius 2 is 2.35 bits per heavy atom. The van der Waals surface area contributed by atoms with Crippen LogP contribution in [0.3, 0.4) is 0 Å². The van der Waals surface area contributed by atoms with E-state index in [9.17, 15) is 4.79 Å². The number of aliphatic carboxylic acids is 1. The third kappa shape index (κ3) is 2.98. The number of rotatable bonds is 5. The lowest BCUT2D eigenvalue weighted by Gasteiger charge is -2.14. The molecule has 1 aliphatic heterocycles. The Balaban J connectivity index is 1.87. The number of hydrogen-bond donors (Lipinski definition) is 2. The maximum atomic E-state index is 10.6. The molecule has 0 amide bonds. The normalized spacial score (nSPS) is 16.5. The van der Waals surface area contributed by atoms with Gasteiger partial charge in [-0.2, -0.15) is 11.8 Å². The van der Waals surface area contributed by atoms with Gasteiger partial charge in [-0.05, 0) is 12.8 Å². The van der Waals surface area contributed by atoms with Crippen LogP contribution in [0.5, 0.6) is 0 Å². The number of carbonyl (C=O) groups is 1. The fourth-order valence-corrected chi connectivity index (χ4v) is 2.73. The minimum absolute atomic E-state index is 0.400. The van der Waals surface area contributed by atoms with Gasteiger partial charge in [0.2, 0.25) is 0 Å². The van der Waals surface area contributed by atoms with E-state index in [4.69, 9.17) is 10.8 Å². The number of aryl methyl sites for hydroxylation is 1. The van der Waals surface area contributed by atoms with Crippen molar-refractivity contribution in [1.29, 1.82) is 0 Å². The highest BCUT2D eigenvalue weighted by atomic mass is 32.2. The Bertz CT molecular complexity index is 407. The molecule has 0 saturated heterocycles. The molecule has 17 heavy (non-hydrogen) atoms. The average molecular weight is 256 g/mol. The highest BCUT2D eigenvalue weighted by Gasteiger charge is 2.16. The van der Waals surface area contributed by atoms with Crippen molar-refractivity contribution in [3.63, 3.8) is 0 Å². The van der Waals surface area contributed by atoms with Crippen molar-refractivity contribution in [2.45, 2.75) is 37.6 Å². The number of fused-ring (bicyclic) bond motifs is 1. The lowest BCUT2D eigenvalue weighted by atomic mass is 10.2. The van der Waals surface area contributed by atoms with E-state index in [1.807, 2.05) is 0 Å². The minimum atomic E-state index is -0.958. The summed E-state index contributed by atoms with van der Waals surface area (Å²) in [7, 11) is 0. The molecule has 0 radical (unpaired) electrons. The second kappa shape index (κ2) is 5.50. The van der Waals surface area contributed by atoms with E-state index >= 15 is 0 Å². The molecule has 0 aromatic carbocycles. The van der Waals surface area contributed by atoms with Crippen LogP contribution in [0.1, 0.15) is 24.5 Å². The summed E-state index contributed by atoms with van der Waals surface area (Å²) in [5.74, 6) is 2.10. The fraction of sp³-hybridized carbons (Fsp3) is 0.700. The zero-order chi connectivity index (χ0) is 12.3. The predicted octanol–water partition coefficient (Wildman–Crippen LogP) is 0.259. The van der Waals surface area contributed by atoms with Crippen molar-refractivity contribution in [2.75, 3.05) is 5.75 Å². The Labute approximate surface area is 104 Å². The third-order valence-electron chi connectivity index (χ3n) is 2.78. The molecule has 0 saturated carbocycles. The van der Waals surface area contributed by atoms with Gasteiger partial charge in [-0.15, -0.1) is 10.2 Å². The zero-order valence-corrected chi connectivity index (χ0v) is 10.3. The van der Waals surface area contributed by atoms with Gasteiger partial charge >= 0.3 is 5.97 Å². The van der Waals surface area contributed by atoms with Gasteiger partial charge < -0.3 is 15.4 Å². The predicted molar refractivity (Wildman–Crippen MR) is 64.7 cm³/mol. The second-order valence-electron chi connectivity index (χ2n) is 4.10. The van der Waals surface area contributed by atoms with Crippen LogP contribution in [0.25, 0.3) is 0 Å². The van der Waals surface area contributed by atoms with Gasteiger partial charge in [0.1, 0.15) is 17.7 Å². The van der Waals surface area contributed by atoms with E-state index < -0.39 is 12.0 Å². The molecule has 2 rings (SSSR count). The molecular weight excluding hydrogens is 240 g/mol. The van der Waals surface area contributed by atoms with Gasteiger partial charge in [0.15, 0.2) is 0 Å². The SMILES string of the molecule is N[C@H](CSCc1nnc2n1CCCC2)C(=O)O. The standard InChI is InChI=1S/C10H16N4O2S/c11-7(10(15)16)5-17-6-9-13-12-8-3-1-2-4-14(8)9/h7H,1-6,11H2,(H,15,16)/t7-/m1/s1. The molecule has 0 aliphatic carbocycles. The highest BCUT2D eigenvalue weighted by Crippen LogP contribution is 2.18. The maximum absolute atomic E-state index is 10.6. The van der Waals surface area contributed by atoms with Crippen LogP contribution in [0.2, 0.25) is 0 Å². The first-order valence-corrected chi connectivity index (χ1v) is 6.81. The quantitative estimate of drug-likeness (QED) is 0.784. The summed E-state index contributed by atoms with van der Waals surface area (Å²) in [5.41, 5.74) is 5.43. The Hall–Kier alpha value is -1.08. The smallest absolute Gasteiger partial charge is 0.321 e. The van der Waals surface area contributed by atoms with Crippen molar-refractivity contribution in [3.05, 3.63) is 11.6 Å². The van der Waals surface area contributed by atoms with Crippen LogP contribution in [0.4, 0.5) is 0 Å². The highest BCUT2D eigenvalue weighted by molar-refractivity contribution is 7.98. The summed E-state index contributed by atoms with van der Waals surface area (Å²) >= 11 is 1.49. The van der Waals surface area contributed by atoms with Crippen molar-refractivity contribution in [1.82, 2.24) is 14.8 Å². The summed E-state index contributed by atoms with van der Waals surface area (Å²) in [4.78, 5) is 10.6. The van der Waals surface area contributed by atoms with Crippen LogP contribution in [-0.4, -0.2) is 37.6 Å². The molecule has 1 aliphatic rings. The number of carboxylic acid groups (broad SMARTS) is 1. The largest absolute Gasteiger partial charge is 0.480 e. The number of aromatic nitrogens is 3. The van der Waals surface area contributed by atoms with E-state index in [0.717, 1.165) is 31.0 Å². The Morgan fingerprint density at radius 3 is 3.12 bits per heavy atom. The van der Waals surface area contributed by atoms with Gasteiger partial charge in [-0.1, -0.05) is 0 Å². The second-order valence-corrected chi connectivity index (χ2v) is 5.13. The van der Waals surface area contributed by atoms with Crippen molar-refractivity contribution < 1.29 is 9.90 Å². The maximum Gasteiger partial charge on any atom is 0.321 e. The van der Waals surface area contributed by atoms with Gasteiger partial charge in [-0.25, -0.2) is 0 Å². The first-order valence-electron chi connectivity index (χ1n) is 5.65. The zero-order valence-electron chi connectivity index (χ0n) is 9.50. The van der Waals surface area contributed by atoms with Crippen LogP contribution >= 0.6 is 11.8 Å². The van der Waals surface area contributed by atoms with Gasteiger partial charge in [0.25, 0.3) is 0 Å². The van der Waals surface area contributed by atoms with E-state index in [1.165, 1.54) is 18.2 Å². The number of hydrogen-bond acceptors (Lipinski definition) is 5. The molecule has 1 atom stereocenters. The summed E-state index contributed by atoms with van der Waals surface area (Å²) in [6, 6.07) is -0.802. The van der Waals surface area contributed by atoms with Crippen LogP contribution in [0, 0.1) is 0 Å². The van der Waals surface area contributed by atoms with Crippen LogP contribution in [0.15, 0.2) is 0 Å². The lowest BCUT2D eigenvalue weighted by Crippen LogP contribution is -2.32. The molecule has 3 N–H and O–H groups in total. The monoisotopic (exact) mass is 256 g/mol. The first-order chi connectivity index (χ1) is 8.18.